The number of hydrogen-bond donors (Lipinski definition) is 2. The number of piperidine rings is 3. The summed E-state index contributed by atoms with van der Waals surface area (Å²) in [6.45, 7) is 3.13. The molecule has 1 aliphatic carbocycles. The van der Waals surface area contributed by atoms with Gasteiger partial charge in [-0.1, -0.05) is 12.8 Å². The Kier molecular flexibility index (Phi) is 2.87. The predicted molar refractivity (Wildman–Crippen MR) is 66.5 cm³/mol. The molecule has 0 aromatic heterocycles. The zero-order valence-electron chi connectivity index (χ0n) is 10.5. The average molecular weight is 237 g/mol. The summed E-state index contributed by atoms with van der Waals surface area (Å²) in [5, 5.41) is 3.65. The van der Waals surface area contributed by atoms with Gasteiger partial charge in [0.15, 0.2) is 0 Å². The van der Waals surface area contributed by atoms with Crippen molar-refractivity contribution in [3.63, 3.8) is 0 Å². The van der Waals surface area contributed by atoms with E-state index in [0.29, 0.717) is 12.0 Å². The zero-order valence-corrected chi connectivity index (χ0v) is 10.5. The molecule has 4 fully saturated rings. The molecule has 4 nitrogen and oxygen atoms in total. The third kappa shape index (κ3) is 1.87. The summed E-state index contributed by atoms with van der Waals surface area (Å²) in [7, 11) is 0. The highest BCUT2D eigenvalue weighted by molar-refractivity contribution is 5.86. The fourth-order valence-electron chi connectivity index (χ4n) is 4.01. The second kappa shape index (κ2) is 4.25. The molecule has 4 rings (SSSR count). The number of amides is 1. The van der Waals surface area contributed by atoms with Crippen molar-refractivity contribution in [1.82, 2.24) is 10.2 Å². The monoisotopic (exact) mass is 237 g/mol. The highest BCUT2D eigenvalue weighted by Gasteiger charge is 2.51. The van der Waals surface area contributed by atoms with Crippen LogP contribution in [0.25, 0.3) is 0 Å². The third-order valence-electron chi connectivity index (χ3n) is 5.01. The molecule has 1 atom stereocenters. The van der Waals surface area contributed by atoms with Crippen LogP contribution < -0.4 is 11.1 Å². The van der Waals surface area contributed by atoms with Crippen molar-refractivity contribution in [3.05, 3.63) is 0 Å². The Morgan fingerprint density at radius 2 is 1.82 bits per heavy atom. The Balaban J connectivity index is 1.80. The Morgan fingerprint density at radius 3 is 2.29 bits per heavy atom. The van der Waals surface area contributed by atoms with Crippen molar-refractivity contribution in [3.8, 4) is 0 Å². The summed E-state index contributed by atoms with van der Waals surface area (Å²) in [5.41, 5.74) is 5.31. The third-order valence-corrected chi connectivity index (χ3v) is 5.01. The maximum atomic E-state index is 12.0. The highest BCUT2D eigenvalue weighted by atomic mass is 16.1. The Morgan fingerprint density at radius 1 is 1.18 bits per heavy atom. The van der Waals surface area contributed by atoms with E-state index in [1.54, 1.807) is 0 Å². The number of nitrogens with zero attached hydrogens (tertiary/aromatic N) is 1. The van der Waals surface area contributed by atoms with Crippen LogP contribution >= 0.6 is 0 Å². The Bertz CT molecular complexity index is 306. The molecule has 4 heteroatoms. The summed E-state index contributed by atoms with van der Waals surface area (Å²) in [6.07, 6.45) is 7.26. The van der Waals surface area contributed by atoms with Gasteiger partial charge in [0.05, 0.1) is 0 Å². The number of fused-ring (bicyclic) bond motifs is 3. The largest absolute Gasteiger partial charge is 0.368 e. The van der Waals surface area contributed by atoms with E-state index >= 15 is 0 Å². The van der Waals surface area contributed by atoms with E-state index < -0.39 is 5.54 Å². The van der Waals surface area contributed by atoms with Crippen LogP contribution in [0.1, 0.15) is 38.5 Å². The van der Waals surface area contributed by atoms with Crippen LogP contribution in [0.3, 0.4) is 0 Å². The standard InChI is InChI=1S/C13H23N3O/c14-12(17)13(15-11-3-1-2-4-11)9-16-7-5-10(13)6-8-16/h10-11,15H,1-9H2,(H2,14,17). The van der Waals surface area contributed by atoms with Crippen molar-refractivity contribution >= 4 is 5.91 Å². The molecule has 1 unspecified atom stereocenters. The zero-order chi connectivity index (χ0) is 11.9. The van der Waals surface area contributed by atoms with Crippen LogP contribution in [0.4, 0.5) is 0 Å². The maximum absolute atomic E-state index is 12.0. The van der Waals surface area contributed by atoms with Crippen molar-refractivity contribution in [2.45, 2.75) is 50.1 Å². The minimum absolute atomic E-state index is 0.126. The lowest BCUT2D eigenvalue weighted by atomic mass is 9.72. The minimum atomic E-state index is -0.425. The number of carbonyl (C=O) groups is 1. The summed E-state index contributed by atoms with van der Waals surface area (Å²) in [5.74, 6) is 0.337. The summed E-state index contributed by atoms with van der Waals surface area (Å²) in [6, 6.07) is 0.517. The first-order chi connectivity index (χ1) is 8.21. The van der Waals surface area contributed by atoms with E-state index in [-0.39, 0.29) is 5.91 Å². The average Bonchev–Trinajstić information content (AvgIpc) is 2.83. The summed E-state index contributed by atoms with van der Waals surface area (Å²) in [4.78, 5) is 14.4. The van der Waals surface area contributed by atoms with Crippen molar-refractivity contribution in [2.75, 3.05) is 19.6 Å². The normalized spacial score (nSPS) is 41.9. The molecule has 3 aliphatic heterocycles. The van der Waals surface area contributed by atoms with Crippen LogP contribution in [0.15, 0.2) is 0 Å². The quantitative estimate of drug-likeness (QED) is 0.750. The topological polar surface area (TPSA) is 58.4 Å². The molecule has 4 aliphatic rings. The Labute approximate surface area is 103 Å². The van der Waals surface area contributed by atoms with Crippen LogP contribution in [-0.4, -0.2) is 42.0 Å². The van der Waals surface area contributed by atoms with E-state index in [4.69, 9.17) is 5.73 Å². The van der Waals surface area contributed by atoms with E-state index in [9.17, 15) is 4.79 Å². The number of nitrogens with two attached hydrogens (primary N) is 1. The molecule has 17 heavy (non-hydrogen) atoms. The van der Waals surface area contributed by atoms with Gasteiger partial charge in [-0.15, -0.1) is 0 Å². The number of nitrogens with one attached hydrogen (secondary N) is 1. The fraction of sp³-hybridized carbons (Fsp3) is 0.923. The number of primary amides is 1. The van der Waals surface area contributed by atoms with Gasteiger partial charge in [-0.3, -0.25) is 10.1 Å². The van der Waals surface area contributed by atoms with Gasteiger partial charge in [0.25, 0.3) is 0 Å². The molecule has 0 aromatic carbocycles. The van der Waals surface area contributed by atoms with Gasteiger partial charge < -0.3 is 10.6 Å². The van der Waals surface area contributed by atoms with E-state index in [1.165, 1.54) is 25.7 Å². The number of rotatable bonds is 3. The molecule has 0 spiro atoms. The second-order valence-corrected chi connectivity index (χ2v) is 6.01. The molecular formula is C13H23N3O. The molecule has 0 aromatic rings. The fourth-order valence-corrected chi connectivity index (χ4v) is 4.01. The molecule has 3 N–H and O–H groups in total. The van der Waals surface area contributed by atoms with Crippen LogP contribution in [0.5, 0.6) is 0 Å². The van der Waals surface area contributed by atoms with E-state index in [0.717, 1.165) is 32.5 Å². The van der Waals surface area contributed by atoms with Gasteiger partial charge in [-0.05, 0) is 44.7 Å². The second-order valence-electron chi connectivity index (χ2n) is 6.01. The SMILES string of the molecule is NC(=O)C1(NC2CCCC2)CN2CCC1CC2. The number of carbonyl (C=O) groups excluding carboxylic acids is 1. The van der Waals surface area contributed by atoms with Crippen LogP contribution in [0.2, 0.25) is 0 Å². The van der Waals surface area contributed by atoms with Gasteiger partial charge in [0.1, 0.15) is 5.54 Å². The molecule has 96 valence electrons. The number of hydrogen-bond acceptors (Lipinski definition) is 3. The first-order valence-corrected chi connectivity index (χ1v) is 7.01. The van der Waals surface area contributed by atoms with Crippen LogP contribution in [-0.2, 0) is 4.79 Å². The summed E-state index contributed by atoms with van der Waals surface area (Å²) >= 11 is 0. The molecule has 0 radical (unpaired) electrons. The first kappa shape index (κ1) is 11.5. The van der Waals surface area contributed by atoms with Gasteiger partial charge in [-0.25, -0.2) is 0 Å². The predicted octanol–water partition coefficient (Wildman–Crippen LogP) is 0.468. The Hall–Kier alpha value is -0.610. The van der Waals surface area contributed by atoms with Gasteiger partial charge >= 0.3 is 0 Å². The molecule has 1 saturated carbocycles. The van der Waals surface area contributed by atoms with Gasteiger partial charge in [0, 0.05) is 12.6 Å². The maximum Gasteiger partial charge on any atom is 0.239 e. The van der Waals surface area contributed by atoms with E-state index in [1.807, 2.05) is 0 Å². The van der Waals surface area contributed by atoms with Crippen LogP contribution in [0, 0.1) is 5.92 Å². The lowest BCUT2D eigenvalue weighted by Gasteiger charge is -2.52. The van der Waals surface area contributed by atoms with Crippen molar-refractivity contribution in [1.29, 1.82) is 0 Å². The summed E-state index contributed by atoms with van der Waals surface area (Å²) < 4.78 is 0. The van der Waals surface area contributed by atoms with Crippen molar-refractivity contribution < 1.29 is 4.79 Å². The highest BCUT2D eigenvalue weighted by Crippen LogP contribution is 2.37. The minimum Gasteiger partial charge on any atom is -0.368 e. The van der Waals surface area contributed by atoms with E-state index in [2.05, 4.69) is 10.2 Å². The van der Waals surface area contributed by atoms with Gasteiger partial charge in [-0.2, -0.15) is 0 Å². The first-order valence-electron chi connectivity index (χ1n) is 7.01. The molecule has 3 heterocycles. The molecule has 3 saturated heterocycles. The molecule has 1 amide bonds. The molecule has 2 bridgehead atoms. The van der Waals surface area contributed by atoms with Gasteiger partial charge in [0.2, 0.25) is 5.91 Å². The smallest absolute Gasteiger partial charge is 0.239 e. The lowest BCUT2D eigenvalue weighted by Crippen LogP contribution is -2.72. The lowest BCUT2D eigenvalue weighted by molar-refractivity contribution is -0.133. The molecular weight excluding hydrogens is 214 g/mol. The van der Waals surface area contributed by atoms with Crippen molar-refractivity contribution in [2.24, 2.45) is 11.7 Å².